The number of carbonyl (C=O) groups excluding carboxylic acids is 6. The normalized spacial score (nSPS) is 23.9. The minimum absolute atomic E-state index is 0.0802. The van der Waals surface area contributed by atoms with Crippen LogP contribution in [-0.2, 0) is 43.5 Å². The van der Waals surface area contributed by atoms with Gasteiger partial charge in [-0.3, -0.25) is 28.8 Å². The van der Waals surface area contributed by atoms with E-state index in [0.717, 1.165) is 107 Å². The lowest BCUT2D eigenvalue weighted by Gasteiger charge is -2.30. The quantitative estimate of drug-likeness (QED) is 0.0213. The van der Waals surface area contributed by atoms with Crippen molar-refractivity contribution < 1.29 is 66.2 Å². The van der Waals surface area contributed by atoms with Crippen molar-refractivity contribution in [1.82, 2.24) is 16.0 Å². The molecule has 0 amide bonds. The van der Waals surface area contributed by atoms with Crippen LogP contribution in [0.1, 0.15) is 210 Å². The van der Waals surface area contributed by atoms with Gasteiger partial charge in [-0.1, -0.05) is 49.7 Å². The minimum Gasteiger partial charge on any atom is -0.535 e. The largest absolute Gasteiger partial charge is 0.535 e. The Labute approximate surface area is 529 Å². The van der Waals surface area contributed by atoms with Crippen molar-refractivity contribution in [3.63, 3.8) is 0 Å². The summed E-state index contributed by atoms with van der Waals surface area (Å²) in [5, 5.41) is 41.8. The summed E-state index contributed by atoms with van der Waals surface area (Å²) in [5.41, 5.74) is 9.64. The van der Waals surface area contributed by atoms with Crippen molar-refractivity contribution in [3.8, 4) is 17.2 Å². The third-order valence-corrected chi connectivity index (χ3v) is 20.1. The molecule has 0 aromatic heterocycles. The van der Waals surface area contributed by atoms with Gasteiger partial charge in [0.25, 0.3) is 0 Å². The van der Waals surface area contributed by atoms with Gasteiger partial charge in [0.1, 0.15) is 44.4 Å². The van der Waals surface area contributed by atoms with Crippen molar-refractivity contribution in [1.29, 1.82) is 0 Å². The molecular formula is C67H99B3N4O14S. The molecule has 18 nitrogen and oxygen atoms in total. The number of para-hydroxylation sites is 3. The Morgan fingerprint density at radius 2 is 0.787 bits per heavy atom. The average Bonchev–Trinajstić information content (AvgIpc) is 2.12. The monoisotopic (exact) mass is 1250 g/mol. The third-order valence-electron chi connectivity index (χ3n) is 19.0. The summed E-state index contributed by atoms with van der Waals surface area (Å²) < 4.78 is 39.3. The van der Waals surface area contributed by atoms with Crippen molar-refractivity contribution >= 4 is 65.9 Å². The second-order valence-electron chi connectivity index (χ2n) is 26.4. The second-order valence-corrected chi connectivity index (χ2v) is 28.7. The number of fused-ring (bicyclic) bond motifs is 3. The number of ketones is 6. The molecule has 3 atom stereocenters. The van der Waals surface area contributed by atoms with E-state index in [4.69, 9.17) is 19.7 Å². The van der Waals surface area contributed by atoms with Gasteiger partial charge >= 0.3 is 21.4 Å². The van der Waals surface area contributed by atoms with Crippen LogP contribution < -0.4 is 35.6 Å². The van der Waals surface area contributed by atoms with E-state index in [-0.39, 0.29) is 64.3 Å². The summed E-state index contributed by atoms with van der Waals surface area (Å²) in [4.78, 5) is 73.3. The highest BCUT2D eigenvalue weighted by Crippen LogP contribution is 2.41. The van der Waals surface area contributed by atoms with E-state index in [9.17, 15) is 52.3 Å². The maximum Gasteiger partial charge on any atom is 0.526 e. The number of hydrogen-bond donors (Lipinski definition) is 7. The van der Waals surface area contributed by atoms with Gasteiger partial charge in [0, 0.05) is 93.4 Å². The van der Waals surface area contributed by atoms with E-state index >= 15 is 0 Å². The summed E-state index contributed by atoms with van der Waals surface area (Å²) >= 11 is 0. The fraction of sp³-hybridized carbons (Fsp3) is 0.642. The van der Waals surface area contributed by atoms with Crippen LogP contribution in [0.25, 0.3) is 0 Å². The third kappa shape index (κ3) is 22.3. The molecule has 3 aliphatic carbocycles. The van der Waals surface area contributed by atoms with Gasteiger partial charge in [0.15, 0.2) is 17.3 Å². The molecule has 0 bridgehead atoms. The molecule has 3 aliphatic heterocycles. The van der Waals surface area contributed by atoms with E-state index in [2.05, 4.69) is 22.9 Å². The van der Waals surface area contributed by atoms with Crippen molar-refractivity contribution in [2.45, 2.75) is 217 Å². The Morgan fingerprint density at radius 1 is 0.483 bits per heavy atom. The molecule has 0 saturated heterocycles. The Morgan fingerprint density at radius 3 is 1.07 bits per heavy atom. The molecule has 3 saturated carbocycles. The number of Topliss-reactive ketones (excluding diaryl/α,β-unsaturated/α-hetero) is 6. The topological polar surface area (TPSA) is 287 Å². The Kier molecular flexibility index (Phi) is 28.2. The van der Waals surface area contributed by atoms with E-state index in [1.165, 1.54) is 39.9 Å². The fourth-order valence-electron chi connectivity index (χ4n) is 14.0. The van der Waals surface area contributed by atoms with Gasteiger partial charge in [0.05, 0.1) is 22.4 Å². The summed E-state index contributed by atoms with van der Waals surface area (Å²) in [6.45, 7) is 9.96. The number of hydrogen-bond acceptors (Lipinski definition) is 18. The van der Waals surface area contributed by atoms with Crippen molar-refractivity contribution in [2.75, 3.05) is 38.2 Å². The maximum atomic E-state index is 12.7. The highest BCUT2D eigenvalue weighted by molar-refractivity contribution is 7.90. The Bertz CT molecular complexity index is 2970. The number of nitrogens with two attached hydrogens (primary N) is 1. The van der Waals surface area contributed by atoms with E-state index in [0.29, 0.717) is 141 Å². The molecule has 486 valence electrons. The van der Waals surface area contributed by atoms with Crippen LogP contribution in [0.4, 0.5) is 0 Å². The first kappa shape index (κ1) is 71.4. The van der Waals surface area contributed by atoms with Gasteiger partial charge < -0.3 is 50.7 Å². The van der Waals surface area contributed by atoms with Crippen LogP contribution >= 0.6 is 0 Å². The molecule has 6 aliphatic rings. The van der Waals surface area contributed by atoms with Gasteiger partial charge in [-0.15, -0.1) is 0 Å². The zero-order valence-corrected chi connectivity index (χ0v) is 54.3. The number of carbonyl (C=O) groups is 6. The SMILES string of the molecule is CC(=O)c1cccc2c1OB(O)[C@@H](CC(=O)CC1CCC(NCCCS(C)(=O)=O)CC1)C2.CC(=O)c1cccc2c1OB(O)[C@@H](CC(=O)CC1CCC(NCCN)CC1)C2.CCCCNC1CCC(CC(=O)C[C@H]2Cc3cccc(C(C)=O)c3OB2O)CC1. The lowest BCUT2D eigenvalue weighted by atomic mass is 9.64. The minimum atomic E-state index is -2.91. The number of rotatable bonds is 27. The number of benzene rings is 3. The van der Waals surface area contributed by atoms with Gasteiger partial charge in [0.2, 0.25) is 0 Å². The number of unbranched alkanes of at least 4 members (excludes halogenated alkanes) is 1. The first-order valence-electron chi connectivity index (χ1n) is 33.1. The van der Waals surface area contributed by atoms with Crippen LogP contribution in [0.2, 0.25) is 17.5 Å². The lowest BCUT2D eigenvalue weighted by Crippen LogP contribution is -2.37. The number of sulfone groups is 1. The van der Waals surface area contributed by atoms with E-state index in [1.54, 1.807) is 18.2 Å². The van der Waals surface area contributed by atoms with Crippen LogP contribution in [0.3, 0.4) is 0 Å². The van der Waals surface area contributed by atoms with Crippen LogP contribution in [0, 0.1) is 17.8 Å². The predicted octanol–water partition coefficient (Wildman–Crippen LogP) is 8.71. The molecule has 0 spiro atoms. The van der Waals surface area contributed by atoms with Gasteiger partial charge in [-0.2, -0.15) is 0 Å². The zero-order chi connectivity index (χ0) is 64.2. The summed E-state index contributed by atoms with van der Waals surface area (Å²) in [6.07, 6.45) is 21.3. The molecule has 8 N–H and O–H groups in total. The van der Waals surface area contributed by atoms with Gasteiger partial charge in [-0.05, 0) is 196 Å². The van der Waals surface area contributed by atoms with Gasteiger partial charge in [-0.25, -0.2) is 8.42 Å². The molecule has 0 radical (unpaired) electrons. The highest BCUT2D eigenvalue weighted by Gasteiger charge is 2.41. The summed E-state index contributed by atoms with van der Waals surface area (Å²) in [5.74, 6) is 2.32. The van der Waals surface area contributed by atoms with Crippen LogP contribution in [-0.4, -0.2) is 136 Å². The Balaban J connectivity index is 0.000000191. The van der Waals surface area contributed by atoms with Crippen LogP contribution in [0.5, 0.6) is 17.2 Å². The first-order chi connectivity index (χ1) is 42.6. The number of nitrogens with one attached hydrogen (secondary N) is 3. The Hall–Kier alpha value is -5.06. The maximum absolute atomic E-state index is 12.7. The molecule has 3 aromatic carbocycles. The molecule has 9 rings (SSSR count). The molecule has 22 heteroatoms. The summed E-state index contributed by atoms with van der Waals surface area (Å²) in [6, 6.07) is 17.8. The smallest absolute Gasteiger partial charge is 0.526 e. The van der Waals surface area contributed by atoms with Crippen molar-refractivity contribution in [3.05, 3.63) is 88.0 Å². The molecule has 3 fully saturated rings. The van der Waals surface area contributed by atoms with E-state index in [1.807, 2.05) is 36.4 Å². The fourth-order valence-corrected chi connectivity index (χ4v) is 14.7. The standard InChI is InChI=1S/C23H34BNO6S.C23H34BNO4.C21H31BN2O4/c1-16(26)22-6-3-5-18-14-19(24(28)31-23(18)22)15-21(27)13-17-7-9-20(10-8-17)25-11-4-12-32(2,29)30;1-3-4-12-25-20-10-8-17(9-11-20)13-21(27)15-19-14-18-6-5-7-22(16(2)26)23(18)29-24(19)28;1-14(25)20-4-2-3-16-12-17(22(27)28-21(16)20)13-19(26)11-15-5-7-18(8-6-15)24-10-9-23/h3,5-6,17,19-20,25,28H,4,7-15H2,1-2H3;5-7,17,19-20,25,28H,3-4,8-15H2,1-2H3;2-4,15,17-18,24,27H,5-13,23H2,1H3/t2*17?,19-,20?;15?,17-,18?/m111/s1. The molecular weight excluding hydrogens is 1150 g/mol. The molecule has 3 aromatic rings. The van der Waals surface area contributed by atoms with Crippen LogP contribution in [0.15, 0.2) is 54.6 Å². The zero-order valence-electron chi connectivity index (χ0n) is 53.4. The average molecular weight is 1250 g/mol. The van der Waals surface area contributed by atoms with Crippen molar-refractivity contribution in [2.24, 2.45) is 23.5 Å². The second kappa shape index (κ2) is 35.1. The molecule has 3 heterocycles. The lowest BCUT2D eigenvalue weighted by molar-refractivity contribution is -0.121. The first-order valence-corrected chi connectivity index (χ1v) is 35.2. The molecule has 0 unspecified atom stereocenters. The predicted molar refractivity (Wildman–Crippen MR) is 350 cm³/mol. The molecule has 89 heavy (non-hydrogen) atoms. The summed E-state index contributed by atoms with van der Waals surface area (Å²) in [7, 11) is -6.08. The highest BCUT2D eigenvalue weighted by atomic mass is 32.2. The van der Waals surface area contributed by atoms with E-state index < -0.39 is 31.2 Å².